The number of hydrogen-bond acceptors (Lipinski definition) is 4. The number of carboxylic acids is 1. The molecule has 0 bridgehead atoms. The van der Waals surface area contributed by atoms with Crippen molar-refractivity contribution in [3.05, 3.63) is 107 Å². The first kappa shape index (κ1) is 23.8. The number of benzene rings is 4. The maximum absolute atomic E-state index is 14.3. The second-order valence-electron chi connectivity index (χ2n) is 9.14. The molecule has 4 aromatic carbocycles. The molecule has 4 aromatic rings. The van der Waals surface area contributed by atoms with Crippen molar-refractivity contribution >= 4 is 16.7 Å². The Bertz CT molecular complexity index is 1380. The van der Waals surface area contributed by atoms with Crippen LogP contribution in [-0.4, -0.2) is 30.3 Å². The summed E-state index contributed by atoms with van der Waals surface area (Å²) in [4.78, 5) is 10.9. The quantitative estimate of drug-likeness (QED) is 0.317. The second-order valence-corrected chi connectivity index (χ2v) is 9.14. The lowest BCUT2D eigenvalue weighted by molar-refractivity contribution is -0.139. The van der Waals surface area contributed by atoms with E-state index in [1.54, 1.807) is 12.1 Å². The first-order chi connectivity index (χ1) is 17.5. The van der Waals surface area contributed by atoms with Crippen molar-refractivity contribution in [1.29, 1.82) is 0 Å². The van der Waals surface area contributed by atoms with Gasteiger partial charge >= 0.3 is 5.97 Å². The fourth-order valence-electron chi connectivity index (χ4n) is 4.97. The lowest BCUT2D eigenvalue weighted by Gasteiger charge is -2.33. The van der Waals surface area contributed by atoms with Gasteiger partial charge in [0.2, 0.25) is 0 Å². The zero-order valence-corrected chi connectivity index (χ0v) is 20.0. The Morgan fingerprint density at radius 2 is 1.86 bits per heavy atom. The summed E-state index contributed by atoms with van der Waals surface area (Å²) in [6, 6.07) is 27.4. The lowest BCUT2D eigenvalue weighted by atomic mass is 9.84. The third-order valence-corrected chi connectivity index (χ3v) is 6.74. The van der Waals surface area contributed by atoms with Gasteiger partial charge in [-0.15, -0.1) is 0 Å². The first-order valence-electron chi connectivity index (χ1n) is 12.1. The average molecular weight is 486 g/mol. The SMILES string of the molecule is C[C@@H](NC[C@H]1C[C@H](c2ccc(F)c(OCC(=O)O)c2)c2ccccc2O1)c1cccc2ccccc12. The summed E-state index contributed by atoms with van der Waals surface area (Å²) in [5.41, 5.74) is 3.12. The predicted molar refractivity (Wildman–Crippen MR) is 137 cm³/mol. The Balaban J connectivity index is 1.36. The minimum absolute atomic E-state index is 0.0395. The molecule has 0 aromatic heterocycles. The molecule has 5 nitrogen and oxygen atoms in total. The van der Waals surface area contributed by atoms with Crippen molar-refractivity contribution in [3.8, 4) is 11.5 Å². The van der Waals surface area contributed by atoms with Gasteiger partial charge in [0, 0.05) is 24.1 Å². The number of carbonyl (C=O) groups is 1. The lowest BCUT2D eigenvalue weighted by Crippen LogP contribution is -2.37. The molecule has 0 saturated carbocycles. The van der Waals surface area contributed by atoms with Gasteiger partial charge in [0.1, 0.15) is 11.9 Å². The van der Waals surface area contributed by atoms with Crippen molar-refractivity contribution in [1.82, 2.24) is 5.32 Å². The van der Waals surface area contributed by atoms with Crippen molar-refractivity contribution in [2.75, 3.05) is 13.2 Å². The highest BCUT2D eigenvalue weighted by atomic mass is 19.1. The molecule has 0 spiro atoms. The highest BCUT2D eigenvalue weighted by Crippen LogP contribution is 2.41. The number of fused-ring (bicyclic) bond motifs is 2. The molecule has 1 aliphatic heterocycles. The summed E-state index contributed by atoms with van der Waals surface area (Å²) in [7, 11) is 0. The maximum atomic E-state index is 14.3. The Morgan fingerprint density at radius 1 is 1.08 bits per heavy atom. The Labute approximate surface area is 209 Å². The number of nitrogens with one attached hydrogen (secondary N) is 1. The minimum Gasteiger partial charge on any atom is -0.489 e. The van der Waals surface area contributed by atoms with E-state index in [0.717, 1.165) is 16.9 Å². The molecule has 5 rings (SSSR count). The fraction of sp³-hybridized carbons (Fsp3) is 0.233. The van der Waals surface area contributed by atoms with Gasteiger partial charge in [-0.2, -0.15) is 0 Å². The van der Waals surface area contributed by atoms with Gasteiger partial charge in [-0.25, -0.2) is 9.18 Å². The normalized spacial score (nSPS) is 17.7. The number of aliphatic carboxylic acids is 1. The third-order valence-electron chi connectivity index (χ3n) is 6.74. The molecule has 1 heterocycles. The second kappa shape index (κ2) is 10.4. The summed E-state index contributed by atoms with van der Waals surface area (Å²) in [6.07, 6.45) is 0.590. The van der Waals surface area contributed by atoms with Gasteiger partial charge in [0.05, 0.1) is 0 Å². The summed E-state index contributed by atoms with van der Waals surface area (Å²) in [5, 5.41) is 15.0. The number of para-hydroxylation sites is 1. The molecule has 0 amide bonds. The molecule has 0 saturated heterocycles. The Kier molecular flexibility index (Phi) is 6.87. The number of halogens is 1. The molecular weight excluding hydrogens is 457 g/mol. The van der Waals surface area contributed by atoms with Crippen molar-refractivity contribution in [2.24, 2.45) is 0 Å². The number of ether oxygens (including phenoxy) is 2. The highest BCUT2D eigenvalue weighted by Gasteiger charge is 2.30. The Hall–Kier alpha value is -3.90. The van der Waals surface area contributed by atoms with Crippen LogP contribution in [0.25, 0.3) is 10.8 Å². The molecular formula is C30H28FNO4. The zero-order valence-electron chi connectivity index (χ0n) is 20.0. The average Bonchev–Trinajstić information content (AvgIpc) is 2.90. The fourth-order valence-corrected chi connectivity index (χ4v) is 4.97. The maximum Gasteiger partial charge on any atom is 0.341 e. The summed E-state index contributed by atoms with van der Waals surface area (Å²) < 4.78 is 25.8. The summed E-state index contributed by atoms with van der Waals surface area (Å²) >= 11 is 0. The van der Waals surface area contributed by atoms with Gasteiger partial charge in [-0.3, -0.25) is 0 Å². The molecule has 0 aliphatic carbocycles. The molecule has 0 unspecified atom stereocenters. The van der Waals surface area contributed by atoms with Crippen LogP contribution in [0.15, 0.2) is 84.9 Å². The van der Waals surface area contributed by atoms with Crippen LogP contribution < -0.4 is 14.8 Å². The van der Waals surface area contributed by atoms with Crippen molar-refractivity contribution in [3.63, 3.8) is 0 Å². The van der Waals surface area contributed by atoms with Gasteiger partial charge in [0.15, 0.2) is 18.2 Å². The van der Waals surface area contributed by atoms with Crippen molar-refractivity contribution in [2.45, 2.75) is 31.4 Å². The van der Waals surface area contributed by atoms with Crippen molar-refractivity contribution < 1.29 is 23.8 Å². The molecule has 3 atom stereocenters. The van der Waals surface area contributed by atoms with Crippen LogP contribution in [-0.2, 0) is 4.79 Å². The molecule has 6 heteroatoms. The third kappa shape index (κ3) is 5.04. The van der Waals surface area contributed by atoms with E-state index in [0.29, 0.717) is 13.0 Å². The van der Waals surface area contributed by atoms with E-state index in [1.165, 1.54) is 22.4 Å². The van der Waals surface area contributed by atoms with E-state index >= 15 is 0 Å². The Morgan fingerprint density at radius 3 is 2.72 bits per heavy atom. The largest absolute Gasteiger partial charge is 0.489 e. The monoisotopic (exact) mass is 485 g/mol. The van der Waals surface area contributed by atoms with E-state index < -0.39 is 18.4 Å². The first-order valence-corrected chi connectivity index (χ1v) is 12.1. The molecule has 0 fully saturated rings. The van der Waals surface area contributed by atoms with E-state index in [-0.39, 0.29) is 23.8 Å². The van der Waals surface area contributed by atoms with Crippen LogP contribution in [0.3, 0.4) is 0 Å². The van der Waals surface area contributed by atoms with Crippen LogP contribution >= 0.6 is 0 Å². The van der Waals surface area contributed by atoms with Gasteiger partial charge in [0.25, 0.3) is 0 Å². The van der Waals surface area contributed by atoms with Crippen LogP contribution in [0.4, 0.5) is 4.39 Å². The predicted octanol–water partition coefficient (Wildman–Crippen LogP) is 6.08. The van der Waals surface area contributed by atoms with Crippen LogP contribution in [0.5, 0.6) is 11.5 Å². The zero-order chi connectivity index (χ0) is 25.1. The molecule has 2 N–H and O–H groups in total. The minimum atomic E-state index is -1.15. The van der Waals surface area contributed by atoms with E-state index in [4.69, 9.17) is 14.6 Å². The van der Waals surface area contributed by atoms with Crippen LogP contribution in [0, 0.1) is 5.82 Å². The summed E-state index contributed by atoms with van der Waals surface area (Å²) in [5.74, 6) is -1.03. The van der Waals surface area contributed by atoms with Gasteiger partial charge < -0.3 is 19.9 Å². The number of rotatable bonds is 8. The van der Waals surface area contributed by atoms with E-state index in [1.807, 2.05) is 30.3 Å². The topological polar surface area (TPSA) is 67.8 Å². The standard InChI is InChI=1S/C30H28FNO4/c1-19(23-11-6-8-20-7-2-3-9-24(20)23)32-17-22-16-26(25-10-4-5-12-28(25)36-22)21-13-14-27(31)29(15-21)35-18-30(33)34/h2-15,19,22,26,32H,16-18H2,1H3,(H,33,34)/t19-,22-,26-/m1/s1. The van der Waals surface area contributed by atoms with E-state index in [2.05, 4.69) is 48.6 Å². The smallest absolute Gasteiger partial charge is 0.341 e. The number of carboxylic acid groups (broad SMARTS) is 1. The van der Waals surface area contributed by atoms with Gasteiger partial charge in [-0.1, -0.05) is 66.7 Å². The summed E-state index contributed by atoms with van der Waals surface area (Å²) in [6.45, 7) is 2.20. The van der Waals surface area contributed by atoms with Gasteiger partial charge in [-0.05, 0) is 53.4 Å². The molecule has 36 heavy (non-hydrogen) atoms. The molecule has 1 aliphatic rings. The number of hydrogen-bond donors (Lipinski definition) is 2. The van der Waals surface area contributed by atoms with Crippen LogP contribution in [0.1, 0.15) is 42.0 Å². The van der Waals surface area contributed by atoms with E-state index in [9.17, 15) is 9.18 Å². The van der Waals surface area contributed by atoms with Crippen LogP contribution in [0.2, 0.25) is 0 Å². The molecule has 184 valence electrons. The molecule has 0 radical (unpaired) electrons. The highest BCUT2D eigenvalue weighted by molar-refractivity contribution is 5.86.